The summed E-state index contributed by atoms with van der Waals surface area (Å²) in [4.78, 5) is 33.5. The summed E-state index contributed by atoms with van der Waals surface area (Å²) < 4.78 is 44.2. The highest BCUT2D eigenvalue weighted by Gasteiger charge is 2.47. The first-order valence-corrected chi connectivity index (χ1v) is 17.9. The zero-order valence-electron chi connectivity index (χ0n) is 28.8. The molecule has 4 saturated heterocycles. The number of piperazine rings is 1. The molecule has 13 heteroatoms. The maximum atomic E-state index is 17.1. The summed E-state index contributed by atoms with van der Waals surface area (Å²) >= 11 is 6.96. The van der Waals surface area contributed by atoms with Crippen LogP contribution in [0.1, 0.15) is 64.9 Å². The Morgan fingerprint density at radius 3 is 2.45 bits per heavy atom. The fourth-order valence-electron chi connectivity index (χ4n) is 8.67. The zero-order chi connectivity index (χ0) is 35.8. The number of ether oxygens (including phenoxy) is 2. The smallest absolute Gasteiger partial charge is 0.410 e. The molecular formula is C38H39ClF2N6O4. The highest BCUT2D eigenvalue weighted by Crippen LogP contribution is 2.44. The molecule has 1 amide bonds. The van der Waals surface area contributed by atoms with Crippen LogP contribution in [0.15, 0.2) is 24.3 Å². The monoisotopic (exact) mass is 716 g/mol. The van der Waals surface area contributed by atoms with Crippen LogP contribution < -0.4 is 9.64 Å². The number of hydrogen-bond donors (Lipinski definition) is 1. The van der Waals surface area contributed by atoms with E-state index in [4.69, 9.17) is 32.5 Å². The first kappa shape index (κ1) is 33.7. The average molecular weight is 717 g/mol. The molecule has 10 nitrogen and oxygen atoms in total. The van der Waals surface area contributed by atoms with Crippen molar-refractivity contribution in [3.63, 3.8) is 0 Å². The minimum atomic E-state index is -0.848. The van der Waals surface area contributed by atoms with E-state index < -0.39 is 17.2 Å². The molecule has 0 aliphatic carbocycles. The summed E-state index contributed by atoms with van der Waals surface area (Å²) in [7, 11) is 0. The number of benzene rings is 2. The molecule has 4 aromatic rings. The number of carbonyl (C=O) groups is 1. The third-order valence-corrected chi connectivity index (χ3v) is 11.1. The number of phenols is 1. The molecule has 266 valence electrons. The van der Waals surface area contributed by atoms with Crippen molar-refractivity contribution >= 4 is 45.2 Å². The van der Waals surface area contributed by atoms with Gasteiger partial charge in [-0.1, -0.05) is 23.6 Å². The first-order chi connectivity index (χ1) is 24.4. The summed E-state index contributed by atoms with van der Waals surface area (Å²) in [6, 6.07) is 5.04. The van der Waals surface area contributed by atoms with Gasteiger partial charge in [-0.05, 0) is 96.0 Å². The van der Waals surface area contributed by atoms with E-state index in [0.29, 0.717) is 30.9 Å². The number of nitrogens with zero attached hydrogens (tertiary/aromatic N) is 6. The van der Waals surface area contributed by atoms with Crippen molar-refractivity contribution in [2.45, 2.75) is 82.5 Å². The van der Waals surface area contributed by atoms with E-state index in [1.165, 1.54) is 24.3 Å². The molecule has 51 heavy (non-hydrogen) atoms. The number of fused-ring (bicyclic) bond motifs is 5. The third-order valence-electron chi connectivity index (χ3n) is 10.8. The second-order valence-electron chi connectivity index (χ2n) is 15.2. The SMILES string of the molecule is C#Cc1c(F)ccc2cc(O)cc(-c3nc(Cl)c4c(N5CC6CCC(C5)N6C(=O)OC(C)(C)C)nc(OCC56CCCN5CCC6)nc4c3F)c12. The highest BCUT2D eigenvalue weighted by molar-refractivity contribution is 6.35. The Bertz CT molecular complexity index is 2110. The van der Waals surface area contributed by atoms with Crippen molar-refractivity contribution in [3.05, 3.63) is 46.6 Å². The number of amides is 1. The van der Waals surface area contributed by atoms with Crippen LogP contribution in [0.2, 0.25) is 5.15 Å². The normalized spacial score (nSPS) is 21.4. The number of terminal acetylenes is 1. The number of halogens is 3. The molecule has 2 unspecified atom stereocenters. The van der Waals surface area contributed by atoms with E-state index in [1.807, 2.05) is 30.6 Å². The van der Waals surface area contributed by atoms with E-state index in [9.17, 15) is 14.3 Å². The maximum Gasteiger partial charge on any atom is 0.410 e. The van der Waals surface area contributed by atoms with Crippen LogP contribution in [0.4, 0.5) is 19.4 Å². The predicted octanol–water partition coefficient (Wildman–Crippen LogP) is 7.06. The first-order valence-electron chi connectivity index (χ1n) is 17.5. The summed E-state index contributed by atoms with van der Waals surface area (Å²) in [6.07, 6.45) is 11.1. The van der Waals surface area contributed by atoms with Gasteiger partial charge in [0.15, 0.2) is 5.82 Å². The van der Waals surface area contributed by atoms with Gasteiger partial charge in [-0.3, -0.25) is 9.80 Å². The lowest BCUT2D eigenvalue weighted by Crippen LogP contribution is -2.57. The van der Waals surface area contributed by atoms with Crippen LogP contribution in [0, 0.1) is 24.0 Å². The number of pyridine rings is 1. The third kappa shape index (κ3) is 5.75. The second-order valence-corrected chi connectivity index (χ2v) is 15.5. The Labute approximate surface area is 299 Å². The Kier molecular flexibility index (Phi) is 8.15. The van der Waals surface area contributed by atoms with Crippen molar-refractivity contribution in [2.24, 2.45) is 0 Å². The van der Waals surface area contributed by atoms with Crippen molar-refractivity contribution in [3.8, 4) is 35.4 Å². The minimum Gasteiger partial charge on any atom is -0.508 e. The van der Waals surface area contributed by atoms with E-state index >= 15 is 4.39 Å². The van der Waals surface area contributed by atoms with Crippen molar-refractivity contribution in [2.75, 3.05) is 37.7 Å². The van der Waals surface area contributed by atoms with Crippen LogP contribution in [0.5, 0.6) is 11.8 Å². The minimum absolute atomic E-state index is 0.00390. The van der Waals surface area contributed by atoms with Gasteiger partial charge in [0, 0.05) is 24.0 Å². The number of rotatable bonds is 5. The van der Waals surface area contributed by atoms with Crippen molar-refractivity contribution in [1.29, 1.82) is 0 Å². The second kappa shape index (κ2) is 12.3. The van der Waals surface area contributed by atoms with Gasteiger partial charge in [0.1, 0.15) is 46.0 Å². The number of phenolic OH excluding ortho intramolecular Hbond substituents is 1. The summed E-state index contributed by atoms with van der Waals surface area (Å²) in [6.45, 7) is 8.70. The summed E-state index contributed by atoms with van der Waals surface area (Å²) in [5.41, 5.74) is -1.17. The van der Waals surface area contributed by atoms with E-state index in [-0.39, 0.29) is 73.7 Å². The van der Waals surface area contributed by atoms with Crippen LogP contribution in [0.25, 0.3) is 32.9 Å². The van der Waals surface area contributed by atoms with Crippen LogP contribution in [-0.4, -0.2) is 92.0 Å². The van der Waals surface area contributed by atoms with Gasteiger partial charge >= 0.3 is 12.1 Å². The molecule has 6 heterocycles. The van der Waals surface area contributed by atoms with E-state index in [1.54, 1.807) is 0 Å². The Balaban J connectivity index is 1.26. The van der Waals surface area contributed by atoms with Gasteiger partial charge in [0.25, 0.3) is 0 Å². The van der Waals surface area contributed by atoms with Gasteiger partial charge in [-0.25, -0.2) is 18.6 Å². The Morgan fingerprint density at radius 1 is 1.08 bits per heavy atom. The van der Waals surface area contributed by atoms with Gasteiger partial charge < -0.3 is 19.5 Å². The number of anilines is 1. The number of aromatic nitrogens is 3. The molecule has 4 fully saturated rings. The number of aromatic hydroxyl groups is 1. The van der Waals surface area contributed by atoms with E-state index in [2.05, 4.69) is 20.8 Å². The van der Waals surface area contributed by atoms with Gasteiger partial charge in [0.2, 0.25) is 0 Å². The molecule has 0 saturated carbocycles. The molecule has 0 radical (unpaired) electrons. The highest BCUT2D eigenvalue weighted by atomic mass is 35.5. The standard InChI is InChI=1S/C38H39ClF2N6O4/c1-5-25-27(40)11-8-21-16-24(48)17-26(28(21)25)31-30(41)32-29(33(39)42-31)34(44-35(43-32)50-20-38-12-6-14-46(38)15-7-13-38)45-18-22-9-10-23(19-45)47(22)36(49)51-37(2,3)4/h1,8,11,16-17,22-23,48H,6-7,9-10,12-15,18-20H2,2-4H3. The fourth-order valence-corrected chi connectivity index (χ4v) is 8.92. The summed E-state index contributed by atoms with van der Waals surface area (Å²) in [5.74, 6) is 1.01. The lowest BCUT2D eigenvalue weighted by molar-refractivity contribution is 0.0122. The summed E-state index contributed by atoms with van der Waals surface area (Å²) in [5, 5.41) is 11.3. The average Bonchev–Trinajstić information content (AvgIpc) is 3.74. The molecule has 1 N–H and O–H groups in total. The van der Waals surface area contributed by atoms with Crippen LogP contribution in [0.3, 0.4) is 0 Å². The Hall–Kier alpha value is -4.47. The topological polar surface area (TPSA) is 104 Å². The van der Waals surface area contributed by atoms with Gasteiger partial charge in [-0.2, -0.15) is 9.97 Å². The number of hydrogen-bond acceptors (Lipinski definition) is 9. The molecule has 0 spiro atoms. The van der Waals surface area contributed by atoms with Gasteiger partial charge in [-0.15, -0.1) is 6.42 Å². The molecule has 2 bridgehead atoms. The van der Waals surface area contributed by atoms with Crippen LogP contribution >= 0.6 is 11.6 Å². The molecular weight excluding hydrogens is 678 g/mol. The molecule has 2 atom stereocenters. The van der Waals surface area contributed by atoms with Crippen LogP contribution in [-0.2, 0) is 4.74 Å². The molecule has 4 aliphatic heterocycles. The lowest BCUT2D eigenvalue weighted by atomic mass is 9.95. The largest absolute Gasteiger partial charge is 0.508 e. The maximum absolute atomic E-state index is 17.1. The lowest BCUT2D eigenvalue weighted by Gasteiger charge is -2.42. The molecule has 2 aromatic heterocycles. The molecule has 8 rings (SSSR count). The molecule has 4 aliphatic rings. The van der Waals surface area contributed by atoms with E-state index in [0.717, 1.165) is 51.6 Å². The fraction of sp³-hybridized carbons (Fsp3) is 0.474. The molecule has 2 aromatic carbocycles. The number of carbonyl (C=O) groups excluding carboxylic acids is 1. The van der Waals surface area contributed by atoms with Crippen molar-refractivity contribution in [1.82, 2.24) is 24.8 Å². The van der Waals surface area contributed by atoms with Gasteiger partial charge in [0.05, 0.1) is 28.6 Å². The Morgan fingerprint density at radius 2 is 1.78 bits per heavy atom. The zero-order valence-corrected chi connectivity index (χ0v) is 29.6. The quantitative estimate of drug-likeness (QED) is 0.172. The predicted molar refractivity (Wildman–Crippen MR) is 190 cm³/mol. The van der Waals surface area contributed by atoms with Crippen molar-refractivity contribution < 1.29 is 28.2 Å².